The van der Waals surface area contributed by atoms with Crippen molar-refractivity contribution < 1.29 is 22.8 Å². The summed E-state index contributed by atoms with van der Waals surface area (Å²) >= 11 is 0. The van der Waals surface area contributed by atoms with Gasteiger partial charge in [0.2, 0.25) is 0 Å². The fourth-order valence-corrected chi connectivity index (χ4v) is 1.75. The number of fused-ring (bicyclic) bond motifs is 1. The topological polar surface area (TPSA) is 37.4 Å². The highest BCUT2D eigenvalue weighted by Gasteiger charge is 2.34. The average molecular weight is 243 g/mol. The van der Waals surface area contributed by atoms with Crippen LogP contribution in [-0.2, 0) is 6.42 Å². The summed E-state index contributed by atoms with van der Waals surface area (Å²) in [5, 5.41) is 0. The number of amides is 2. The van der Waals surface area contributed by atoms with E-state index < -0.39 is 24.4 Å². The van der Waals surface area contributed by atoms with Crippen molar-refractivity contribution in [1.29, 1.82) is 0 Å². The predicted octanol–water partition coefficient (Wildman–Crippen LogP) is 2.02. The molecule has 0 spiro atoms. The minimum absolute atomic E-state index is 0.0206. The molecule has 0 aromatic heterocycles. The van der Waals surface area contributed by atoms with Crippen molar-refractivity contribution in [3.05, 3.63) is 34.9 Å². The van der Waals surface area contributed by atoms with E-state index in [9.17, 15) is 22.8 Å². The lowest BCUT2D eigenvalue weighted by Crippen LogP contribution is -2.24. The third kappa shape index (κ3) is 2.02. The van der Waals surface area contributed by atoms with Crippen LogP contribution in [0.25, 0.3) is 0 Å². The highest BCUT2D eigenvalue weighted by atomic mass is 19.4. The molecule has 0 saturated heterocycles. The Morgan fingerprint density at radius 1 is 1.12 bits per heavy atom. The van der Waals surface area contributed by atoms with Crippen LogP contribution >= 0.6 is 0 Å². The zero-order valence-corrected chi connectivity index (χ0v) is 8.84. The molecule has 1 aromatic rings. The first-order valence-electron chi connectivity index (χ1n) is 4.81. The largest absolute Gasteiger partial charge is 0.393 e. The maximum Gasteiger partial charge on any atom is 0.393 e. The quantitative estimate of drug-likeness (QED) is 0.707. The molecule has 0 saturated carbocycles. The van der Waals surface area contributed by atoms with Crippen LogP contribution in [0, 0.1) is 0 Å². The van der Waals surface area contributed by atoms with Gasteiger partial charge in [-0.25, -0.2) is 0 Å². The van der Waals surface area contributed by atoms with Gasteiger partial charge in [-0.15, -0.1) is 0 Å². The van der Waals surface area contributed by atoms with Gasteiger partial charge < -0.3 is 0 Å². The van der Waals surface area contributed by atoms with Gasteiger partial charge in [-0.2, -0.15) is 13.2 Å². The molecule has 6 heteroatoms. The van der Waals surface area contributed by atoms with Crippen molar-refractivity contribution in [2.45, 2.75) is 12.6 Å². The number of alkyl halides is 3. The molecule has 0 N–H and O–H groups in total. The number of carbonyl (C=O) groups excluding carboxylic acids is 2. The second-order valence-corrected chi connectivity index (χ2v) is 3.84. The van der Waals surface area contributed by atoms with Gasteiger partial charge in [0.1, 0.15) is 0 Å². The standard InChI is InChI=1S/C11H8F3NO2/c1-15-9(16)7-3-2-6(5-11(12,13)14)4-8(7)10(15)17/h2-4H,5H2,1H3. The van der Waals surface area contributed by atoms with Crippen LogP contribution in [0.3, 0.4) is 0 Å². The van der Waals surface area contributed by atoms with Crippen molar-refractivity contribution in [2.24, 2.45) is 0 Å². The number of benzene rings is 1. The first-order chi connectivity index (χ1) is 7.79. The monoisotopic (exact) mass is 243 g/mol. The number of hydrogen-bond acceptors (Lipinski definition) is 2. The summed E-state index contributed by atoms with van der Waals surface area (Å²) < 4.78 is 36.5. The molecule has 0 radical (unpaired) electrons. The lowest BCUT2D eigenvalue weighted by molar-refractivity contribution is -0.127. The van der Waals surface area contributed by atoms with E-state index in [0.29, 0.717) is 0 Å². The summed E-state index contributed by atoms with van der Waals surface area (Å²) in [7, 11) is 1.30. The number of rotatable bonds is 1. The Balaban J connectivity index is 2.40. The number of hydrogen-bond donors (Lipinski definition) is 0. The van der Waals surface area contributed by atoms with E-state index in [1.165, 1.54) is 19.2 Å². The summed E-state index contributed by atoms with van der Waals surface area (Å²) in [6.07, 6.45) is -5.43. The normalized spacial score (nSPS) is 15.4. The van der Waals surface area contributed by atoms with E-state index >= 15 is 0 Å². The molecular weight excluding hydrogens is 235 g/mol. The number of imide groups is 1. The first kappa shape index (κ1) is 11.6. The Kier molecular flexibility index (Phi) is 2.45. The van der Waals surface area contributed by atoms with Crippen LogP contribution in [0.5, 0.6) is 0 Å². The molecular formula is C11H8F3NO2. The van der Waals surface area contributed by atoms with Gasteiger partial charge in [0.15, 0.2) is 0 Å². The molecule has 90 valence electrons. The Labute approximate surface area is 94.8 Å². The van der Waals surface area contributed by atoms with Gasteiger partial charge in [-0.3, -0.25) is 14.5 Å². The van der Waals surface area contributed by atoms with E-state index in [0.717, 1.165) is 11.0 Å². The van der Waals surface area contributed by atoms with E-state index in [1.54, 1.807) is 0 Å². The second kappa shape index (κ2) is 3.58. The van der Waals surface area contributed by atoms with Crippen LogP contribution in [0.4, 0.5) is 13.2 Å². The molecule has 2 amide bonds. The van der Waals surface area contributed by atoms with Gasteiger partial charge in [0.05, 0.1) is 17.5 Å². The van der Waals surface area contributed by atoms with Gasteiger partial charge in [0.25, 0.3) is 11.8 Å². The van der Waals surface area contributed by atoms with E-state index in [4.69, 9.17) is 0 Å². The SMILES string of the molecule is CN1C(=O)c2ccc(CC(F)(F)F)cc2C1=O. The lowest BCUT2D eigenvalue weighted by Gasteiger charge is -2.06. The summed E-state index contributed by atoms with van der Waals surface area (Å²) in [6, 6.07) is 3.61. The highest BCUT2D eigenvalue weighted by Crippen LogP contribution is 2.26. The summed E-state index contributed by atoms with van der Waals surface area (Å²) in [6.45, 7) is 0. The highest BCUT2D eigenvalue weighted by molar-refractivity contribution is 6.21. The van der Waals surface area contributed by atoms with Crippen molar-refractivity contribution >= 4 is 11.8 Å². The van der Waals surface area contributed by atoms with Crippen LogP contribution in [0.2, 0.25) is 0 Å². The summed E-state index contributed by atoms with van der Waals surface area (Å²) in [4.78, 5) is 23.9. The van der Waals surface area contributed by atoms with Crippen molar-refractivity contribution in [3.63, 3.8) is 0 Å². The zero-order valence-electron chi connectivity index (χ0n) is 8.84. The summed E-state index contributed by atoms with van der Waals surface area (Å²) in [5.74, 6) is -1.04. The van der Waals surface area contributed by atoms with Gasteiger partial charge in [-0.1, -0.05) is 6.07 Å². The molecule has 1 heterocycles. The Bertz CT molecular complexity index is 508. The fourth-order valence-electron chi connectivity index (χ4n) is 1.75. The van der Waals surface area contributed by atoms with Crippen LogP contribution in [0.15, 0.2) is 18.2 Å². The molecule has 1 aliphatic heterocycles. The summed E-state index contributed by atoms with van der Waals surface area (Å²) in [5.41, 5.74) is 0.176. The van der Waals surface area contributed by atoms with E-state index in [1.807, 2.05) is 0 Å². The molecule has 0 bridgehead atoms. The molecule has 0 unspecified atom stereocenters. The van der Waals surface area contributed by atoms with Crippen LogP contribution < -0.4 is 0 Å². The Hall–Kier alpha value is -1.85. The van der Waals surface area contributed by atoms with E-state index in [2.05, 4.69) is 0 Å². The predicted molar refractivity (Wildman–Crippen MR) is 52.6 cm³/mol. The van der Waals surface area contributed by atoms with Gasteiger partial charge in [0, 0.05) is 7.05 Å². The smallest absolute Gasteiger partial charge is 0.277 e. The number of nitrogens with zero attached hydrogens (tertiary/aromatic N) is 1. The lowest BCUT2D eigenvalue weighted by atomic mass is 10.0. The molecule has 17 heavy (non-hydrogen) atoms. The van der Waals surface area contributed by atoms with Crippen LogP contribution in [-0.4, -0.2) is 29.9 Å². The zero-order chi connectivity index (χ0) is 12.8. The minimum Gasteiger partial charge on any atom is -0.277 e. The van der Waals surface area contributed by atoms with Crippen molar-refractivity contribution in [3.8, 4) is 0 Å². The van der Waals surface area contributed by atoms with E-state index in [-0.39, 0.29) is 16.7 Å². The molecule has 0 fully saturated rings. The van der Waals surface area contributed by atoms with Crippen LogP contribution in [0.1, 0.15) is 26.3 Å². The van der Waals surface area contributed by atoms with Gasteiger partial charge >= 0.3 is 6.18 Å². The maximum absolute atomic E-state index is 12.2. The minimum atomic E-state index is -4.33. The molecule has 1 aliphatic rings. The third-order valence-electron chi connectivity index (χ3n) is 2.56. The molecule has 0 aliphatic carbocycles. The Morgan fingerprint density at radius 3 is 2.29 bits per heavy atom. The number of halogens is 3. The van der Waals surface area contributed by atoms with Gasteiger partial charge in [-0.05, 0) is 17.7 Å². The molecule has 3 nitrogen and oxygen atoms in total. The average Bonchev–Trinajstić information content (AvgIpc) is 2.42. The van der Waals surface area contributed by atoms with Crippen molar-refractivity contribution in [1.82, 2.24) is 4.90 Å². The third-order valence-corrected chi connectivity index (χ3v) is 2.56. The molecule has 1 aromatic carbocycles. The Morgan fingerprint density at radius 2 is 1.71 bits per heavy atom. The molecule has 0 atom stereocenters. The van der Waals surface area contributed by atoms with Crippen molar-refractivity contribution in [2.75, 3.05) is 7.05 Å². The molecule has 2 rings (SSSR count). The number of carbonyl (C=O) groups is 2. The maximum atomic E-state index is 12.2. The fraction of sp³-hybridized carbons (Fsp3) is 0.273. The first-order valence-corrected chi connectivity index (χ1v) is 4.81. The second-order valence-electron chi connectivity index (χ2n) is 3.84.